The largest absolute Gasteiger partial charge is 0.382 e. The molecule has 0 bridgehead atoms. The maximum atomic E-state index is 12.4. The Bertz CT molecular complexity index is 612. The lowest BCUT2D eigenvalue weighted by Gasteiger charge is -2.41. The summed E-state index contributed by atoms with van der Waals surface area (Å²) in [5.41, 5.74) is 1.24. The van der Waals surface area contributed by atoms with Crippen molar-refractivity contribution in [3.63, 3.8) is 0 Å². The molecular weight excluding hydrogens is 324 g/mol. The number of methoxy groups -OCH3 is 1. The van der Waals surface area contributed by atoms with Gasteiger partial charge >= 0.3 is 0 Å². The second-order valence-corrected chi connectivity index (χ2v) is 6.58. The molecule has 2 amide bonds. The normalized spacial score (nSPS) is 20.6. The summed E-state index contributed by atoms with van der Waals surface area (Å²) in [5, 5.41) is 7.28. The molecule has 2 heterocycles. The number of nitrogens with zero attached hydrogens (tertiary/aromatic N) is 3. The van der Waals surface area contributed by atoms with Gasteiger partial charge in [0.2, 0.25) is 11.8 Å². The third-order valence-electron chi connectivity index (χ3n) is 4.33. The molecule has 0 aromatic carbocycles. The number of ether oxygens (including phenoxy) is 2. The van der Waals surface area contributed by atoms with E-state index in [0.717, 1.165) is 11.4 Å². The SMILES string of the molecule is COC[C@]1(CC(=O)NCCn2nc(C)cc2C)CN(C(C)=O)CCO1. The van der Waals surface area contributed by atoms with Gasteiger partial charge in [-0.25, -0.2) is 0 Å². The van der Waals surface area contributed by atoms with E-state index in [1.165, 1.54) is 6.92 Å². The molecule has 1 aliphatic heterocycles. The molecule has 0 saturated carbocycles. The van der Waals surface area contributed by atoms with Crippen LogP contribution in [-0.4, -0.2) is 72.1 Å². The fourth-order valence-electron chi connectivity index (χ4n) is 3.18. The topological polar surface area (TPSA) is 85.7 Å². The van der Waals surface area contributed by atoms with Crippen molar-refractivity contribution in [2.45, 2.75) is 39.3 Å². The monoisotopic (exact) mass is 352 g/mol. The molecule has 0 unspecified atom stereocenters. The van der Waals surface area contributed by atoms with Gasteiger partial charge in [0.05, 0.1) is 38.4 Å². The van der Waals surface area contributed by atoms with Gasteiger partial charge in [0, 0.05) is 32.8 Å². The molecule has 1 aromatic heterocycles. The minimum atomic E-state index is -0.791. The summed E-state index contributed by atoms with van der Waals surface area (Å²) >= 11 is 0. The quantitative estimate of drug-likeness (QED) is 0.761. The minimum Gasteiger partial charge on any atom is -0.382 e. The number of aromatic nitrogens is 2. The highest BCUT2D eigenvalue weighted by molar-refractivity contribution is 5.77. The van der Waals surface area contributed by atoms with Crippen molar-refractivity contribution in [1.82, 2.24) is 20.0 Å². The summed E-state index contributed by atoms with van der Waals surface area (Å²) < 4.78 is 13.0. The highest BCUT2D eigenvalue weighted by Gasteiger charge is 2.39. The lowest BCUT2D eigenvalue weighted by atomic mass is 9.97. The Kier molecular flexibility index (Phi) is 6.55. The molecule has 140 valence electrons. The molecule has 1 fully saturated rings. The van der Waals surface area contributed by atoms with Gasteiger partial charge in [0.1, 0.15) is 5.60 Å². The first-order valence-electron chi connectivity index (χ1n) is 8.51. The highest BCUT2D eigenvalue weighted by atomic mass is 16.5. The third-order valence-corrected chi connectivity index (χ3v) is 4.33. The summed E-state index contributed by atoms with van der Waals surface area (Å²) in [6.07, 6.45) is 0.155. The van der Waals surface area contributed by atoms with E-state index in [0.29, 0.717) is 32.8 Å². The standard InChI is InChI=1S/C17H28N4O4/c1-13-9-14(2)21(19-13)6-5-18-16(23)10-17(12-24-4)11-20(15(3)22)7-8-25-17/h9H,5-8,10-12H2,1-4H3,(H,18,23)/t17-/m0/s1. The lowest BCUT2D eigenvalue weighted by Crippen LogP contribution is -2.57. The number of hydrogen-bond donors (Lipinski definition) is 1. The maximum absolute atomic E-state index is 12.4. The molecule has 0 radical (unpaired) electrons. The van der Waals surface area contributed by atoms with Crippen molar-refractivity contribution in [3.05, 3.63) is 17.5 Å². The van der Waals surface area contributed by atoms with Gasteiger partial charge in [-0.2, -0.15) is 5.10 Å². The predicted octanol–water partition coefficient (Wildman–Crippen LogP) is 0.270. The van der Waals surface area contributed by atoms with E-state index >= 15 is 0 Å². The Morgan fingerprint density at radius 2 is 2.20 bits per heavy atom. The summed E-state index contributed by atoms with van der Waals surface area (Å²) in [6, 6.07) is 2.00. The van der Waals surface area contributed by atoms with Gasteiger partial charge in [-0.15, -0.1) is 0 Å². The number of carbonyl (C=O) groups is 2. The van der Waals surface area contributed by atoms with Gasteiger partial charge in [-0.3, -0.25) is 14.3 Å². The van der Waals surface area contributed by atoms with Crippen LogP contribution < -0.4 is 5.32 Å². The number of amides is 2. The average molecular weight is 352 g/mol. The van der Waals surface area contributed by atoms with Crippen LogP contribution in [0.15, 0.2) is 6.07 Å². The molecule has 2 rings (SSSR count). The van der Waals surface area contributed by atoms with Gasteiger partial charge in [-0.05, 0) is 19.9 Å². The van der Waals surface area contributed by atoms with E-state index < -0.39 is 5.60 Å². The molecule has 1 aromatic rings. The number of carbonyl (C=O) groups excluding carboxylic acids is 2. The Balaban J connectivity index is 1.89. The second kappa shape index (κ2) is 8.44. The van der Waals surface area contributed by atoms with Crippen LogP contribution in [0.1, 0.15) is 24.7 Å². The molecule has 0 aliphatic carbocycles. The van der Waals surface area contributed by atoms with Crippen molar-refractivity contribution in [3.8, 4) is 0 Å². The molecule has 8 heteroatoms. The van der Waals surface area contributed by atoms with Crippen molar-refractivity contribution < 1.29 is 19.1 Å². The predicted molar refractivity (Wildman–Crippen MR) is 92.1 cm³/mol. The van der Waals surface area contributed by atoms with Gasteiger partial charge in [0.25, 0.3) is 0 Å². The summed E-state index contributed by atoms with van der Waals surface area (Å²) in [5.74, 6) is -0.141. The van der Waals surface area contributed by atoms with Gasteiger partial charge < -0.3 is 19.7 Å². The zero-order valence-corrected chi connectivity index (χ0v) is 15.5. The first-order valence-corrected chi connectivity index (χ1v) is 8.51. The fraction of sp³-hybridized carbons (Fsp3) is 0.706. The maximum Gasteiger partial charge on any atom is 0.223 e. The highest BCUT2D eigenvalue weighted by Crippen LogP contribution is 2.23. The average Bonchev–Trinajstić information content (AvgIpc) is 2.85. The molecule has 1 aliphatic rings. The van der Waals surface area contributed by atoms with Crippen molar-refractivity contribution >= 4 is 11.8 Å². The Morgan fingerprint density at radius 1 is 1.44 bits per heavy atom. The van der Waals surface area contributed by atoms with E-state index in [1.807, 2.05) is 24.6 Å². The van der Waals surface area contributed by atoms with Crippen LogP contribution in [0.2, 0.25) is 0 Å². The smallest absolute Gasteiger partial charge is 0.223 e. The Morgan fingerprint density at radius 3 is 2.80 bits per heavy atom. The Hall–Kier alpha value is -1.93. The van der Waals surface area contributed by atoms with Crippen molar-refractivity contribution in [1.29, 1.82) is 0 Å². The lowest BCUT2D eigenvalue weighted by molar-refractivity contribution is -0.165. The van der Waals surface area contributed by atoms with Gasteiger partial charge in [-0.1, -0.05) is 0 Å². The van der Waals surface area contributed by atoms with Crippen molar-refractivity contribution in [2.24, 2.45) is 0 Å². The first kappa shape index (κ1) is 19.4. The van der Waals surface area contributed by atoms with E-state index in [4.69, 9.17) is 9.47 Å². The number of rotatable bonds is 7. The van der Waals surface area contributed by atoms with E-state index in [-0.39, 0.29) is 24.8 Å². The van der Waals surface area contributed by atoms with Gasteiger partial charge in [0.15, 0.2) is 0 Å². The zero-order valence-electron chi connectivity index (χ0n) is 15.5. The van der Waals surface area contributed by atoms with E-state index in [9.17, 15) is 9.59 Å². The molecule has 1 saturated heterocycles. The number of hydrogen-bond acceptors (Lipinski definition) is 5. The molecule has 8 nitrogen and oxygen atoms in total. The van der Waals surface area contributed by atoms with Crippen LogP contribution in [0.5, 0.6) is 0 Å². The second-order valence-electron chi connectivity index (χ2n) is 6.58. The molecular formula is C17H28N4O4. The molecule has 1 atom stereocenters. The van der Waals surface area contributed by atoms with E-state index in [1.54, 1.807) is 12.0 Å². The molecule has 0 spiro atoms. The zero-order chi connectivity index (χ0) is 18.4. The number of morpholine rings is 1. The minimum absolute atomic E-state index is 0.0197. The summed E-state index contributed by atoms with van der Waals surface area (Å²) in [4.78, 5) is 25.7. The third kappa shape index (κ3) is 5.27. The summed E-state index contributed by atoms with van der Waals surface area (Å²) in [7, 11) is 1.57. The van der Waals surface area contributed by atoms with Crippen LogP contribution in [0, 0.1) is 13.8 Å². The summed E-state index contributed by atoms with van der Waals surface area (Å²) in [6.45, 7) is 8.13. The Labute approximate surface area is 148 Å². The fourth-order valence-corrected chi connectivity index (χ4v) is 3.18. The van der Waals surface area contributed by atoms with Crippen molar-refractivity contribution in [2.75, 3.05) is 40.0 Å². The van der Waals surface area contributed by atoms with E-state index in [2.05, 4.69) is 10.4 Å². The molecule has 25 heavy (non-hydrogen) atoms. The van der Waals surface area contributed by atoms with Crippen LogP contribution in [0.3, 0.4) is 0 Å². The van der Waals surface area contributed by atoms with Crippen LogP contribution >= 0.6 is 0 Å². The van der Waals surface area contributed by atoms with Crippen LogP contribution in [0.4, 0.5) is 0 Å². The number of nitrogens with one attached hydrogen (secondary N) is 1. The number of aryl methyl sites for hydroxylation is 2. The van der Waals surface area contributed by atoms with Crippen LogP contribution in [-0.2, 0) is 25.6 Å². The first-order chi connectivity index (χ1) is 11.8. The van der Waals surface area contributed by atoms with Crippen LogP contribution in [0.25, 0.3) is 0 Å². The molecule has 1 N–H and O–H groups in total.